The number of thioether (sulfide) groups is 1. The van der Waals surface area contributed by atoms with Crippen LogP contribution in [0.2, 0.25) is 0 Å². The normalized spacial score (nSPS) is 12.1. The van der Waals surface area contributed by atoms with Crippen molar-refractivity contribution in [3.8, 4) is 0 Å². The standard InChI is InChI=1S/C26H28N4O2S2/c1-5-29(15-20-11-7-6-8-12-20)24(31)19(4)34-26-28-23-22(17(2)18(3)33-23)25(32)30(26)16-21-13-9-10-14-27-21/h6-14,19H,5,15-16H2,1-4H3/t19-/m1/s1. The van der Waals surface area contributed by atoms with Gasteiger partial charge in [-0.25, -0.2) is 4.98 Å². The van der Waals surface area contributed by atoms with Gasteiger partial charge in [0, 0.05) is 24.2 Å². The maximum atomic E-state index is 13.6. The molecule has 3 heterocycles. The average molecular weight is 493 g/mol. The highest BCUT2D eigenvalue weighted by Gasteiger charge is 2.25. The Balaban J connectivity index is 1.67. The highest BCUT2D eigenvalue weighted by Crippen LogP contribution is 2.30. The molecule has 8 heteroatoms. The Hall–Kier alpha value is -2.97. The molecule has 0 saturated carbocycles. The molecule has 0 aliphatic carbocycles. The summed E-state index contributed by atoms with van der Waals surface area (Å²) >= 11 is 2.86. The van der Waals surface area contributed by atoms with Crippen LogP contribution in [-0.2, 0) is 17.9 Å². The zero-order valence-corrected chi connectivity index (χ0v) is 21.4. The van der Waals surface area contributed by atoms with Crippen LogP contribution in [0.5, 0.6) is 0 Å². The second-order valence-electron chi connectivity index (χ2n) is 8.17. The SMILES string of the molecule is CCN(Cc1ccccc1)C(=O)[C@@H](C)Sc1nc2sc(C)c(C)c2c(=O)n1Cc1ccccn1. The van der Waals surface area contributed by atoms with E-state index < -0.39 is 5.25 Å². The average Bonchev–Trinajstić information content (AvgIpc) is 3.13. The van der Waals surface area contributed by atoms with Gasteiger partial charge in [0.05, 0.1) is 22.9 Å². The van der Waals surface area contributed by atoms with E-state index in [1.165, 1.54) is 23.1 Å². The molecule has 4 aromatic rings. The highest BCUT2D eigenvalue weighted by atomic mass is 32.2. The molecule has 1 amide bonds. The van der Waals surface area contributed by atoms with Crippen LogP contribution in [0, 0.1) is 13.8 Å². The fourth-order valence-corrected chi connectivity index (χ4v) is 5.87. The molecule has 0 bridgehead atoms. The number of aromatic nitrogens is 3. The first-order valence-electron chi connectivity index (χ1n) is 11.3. The summed E-state index contributed by atoms with van der Waals surface area (Å²) in [5.74, 6) is 0.0219. The van der Waals surface area contributed by atoms with E-state index in [-0.39, 0.29) is 11.5 Å². The van der Waals surface area contributed by atoms with E-state index in [0.717, 1.165) is 26.5 Å². The fourth-order valence-electron chi connectivity index (χ4n) is 3.81. The van der Waals surface area contributed by atoms with Crippen LogP contribution in [-0.4, -0.2) is 37.1 Å². The third-order valence-corrected chi connectivity index (χ3v) is 8.02. The molecule has 0 N–H and O–H groups in total. The van der Waals surface area contributed by atoms with Gasteiger partial charge in [0.2, 0.25) is 5.91 Å². The molecule has 0 saturated heterocycles. The van der Waals surface area contributed by atoms with Crippen molar-refractivity contribution < 1.29 is 4.79 Å². The van der Waals surface area contributed by atoms with Crippen LogP contribution in [0.15, 0.2) is 64.7 Å². The molecule has 1 atom stereocenters. The van der Waals surface area contributed by atoms with Gasteiger partial charge in [-0.1, -0.05) is 48.2 Å². The number of rotatable bonds is 8. The van der Waals surface area contributed by atoms with E-state index in [4.69, 9.17) is 4.98 Å². The van der Waals surface area contributed by atoms with Crippen molar-refractivity contribution in [3.63, 3.8) is 0 Å². The largest absolute Gasteiger partial charge is 0.338 e. The number of amides is 1. The third kappa shape index (κ3) is 5.08. The van der Waals surface area contributed by atoms with Crippen LogP contribution in [0.1, 0.15) is 35.5 Å². The van der Waals surface area contributed by atoms with Crippen molar-refractivity contribution >= 4 is 39.2 Å². The summed E-state index contributed by atoms with van der Waals surface area (Å²) in [5.41, 5.74) is 2.74. The predicted molar refractivity (Wildman–Crippen MR) is 140 cm³/mol. The topological polar surface area (TPSA) is 68.1 Å². The summed E-state index contributed by atoms with van der Waals surface area (Å²) in [7, 11) is 0. The number of carbonyl (C=O) groups is 1. The molecule has 0 fully saturated rings. The number of hydrogen-bond acceptors (Lipinski definition) is 6. The van der Waals surface area contributed by atoms with Gasteiger partial charge < -0.3 is 4.90 Å². The smallest absolute Gasteiger partial charge is 0.263 e. The van der Waals surface area contributed by atoms with Crippen molar-refractivity contribution in [2.45, 2.75) is 51.2 Å². The number of hydrogen-bond donors (Lipinski definition) is 0. The lowest BCUT2D eigenvalue weighted by Gasteiger charge is -2.24. The molecule has 4 rings (SSSR count). The maximum Gasteiger partial charge on any atom is 0.263 e. The lowest BCUT2D eigenvalue weighted by Crippen LogP contribution is -2.36. The first-order valence-corrected chi connectivity index (χ1v) is 13.0. The molecule has 0 aliphatic heterocycles. The zero-order chi connectivity index (χ0) is 24.2. The van der Waals surface area contributed by atoms with E-state index in [1.807, 2.05) is 81.1 Å². The molecule has 176 valence electrons. The third-order valence-electron chi connectivity index (χ3n) is 5.84. The molecule has 0 unspecified atom stereocenters. The number of benzene rings is 1. The minimum Gasteiger partial charge on any atom is -0.338 e. The monoisotopic (exact) mass is 492 g/mol. The predicted octanol–water partition coefficient (Wildman–Crippen LogP) is 5.05. The Kier molecular flexibility index (Phi) is 7.48. The Bertz CT molecular complexity index is 1350. The van der Waals surface area contributed by atoms with Gasteiger partial charge in [-0.05, 0) is 51.0 Å². The van der Waals surface area contributed by atoms with Crippen LogP contribution in [0.4, 0.5) is 0 Å². The van der Waals surface area contributed by atoms with Gasteiger partial charge in [-0.2, -0.15) is 0 Å². The fraction of sp³-hybridized carbons (Fsp3) is 0.308. The van der Waals surface area contributed by atoms with Crippen LogP contribution in [0.3, 0.4) is 0 Å². The van der Waals surface area contributed by atoms with Gasteiger partial charge in [-0.15, -0.1) is 11.3 Å². The van der Waals surface area contributed by atoms with Crippen LogP contribution < -0.4 is 5.56 Å². The zero-order valence-electron chi connectivity index (χ0n) is 19.8. The lowest BCUT2D eigenvalue weighted by molar-refractivity contribution is -0.130. The van der Waals surface area contributed by atoms with E-state index >= 15 is 0 Å². The first-order chi connectivity index (χ1) is 16.4. The van der Waals surface area contributed by atoms with Crippen LogP contribution in [0.25, 0.3) is 10.2 Å². The number of carbonyl (C=O) groups excluding carboxylic acids is 1. The molecular formula is C26H28N4O2S2. The second-order valence-corrected chi connectivity index (χ2v) is 10.7. The van der Waals surface area contributed by atoms with Crippen molar-refractivity contribution in [1.82, 2.24) is 19.4 Å². The van der Waals surface area contributed by atoms with Crippen molar-refractivity contribution in [2.24, 2.45) is 0 Å². The summed E-state index contributed by atoms with van der Waals surface area (Å²) in [6, 6.07) is 15.6. The Morgan fingerprint density at radius 2 is 1.88 bits per heavy atom. The quantitative estimate of drug-likeness (QED) is 0.254. The molecule has 0 aliphatic rings. The number of aryl methyl sites for hydroxylation is 2. The number of pyridine rings is 1. The minimum absolute atomic E-state index is 0.0219. The summed E-state index contributed by atoms with van der Waals surface area (Å²) in [6.45, 7) is 9.30. The Morgan fingerprint density at radius 1 is 1.15 bits per heavy atom. The van der Waals surface area contributed by atoms with Crippen molar-refractivity contribution in [2.75, 3.05) is 6.54 Å². The number of fused-ring (bicyclic) bond motifs is 1. The Labute approximate surface area is 207 Å². The minimum atomic E-state index is -0.398. The Morgan fingerprint density at radius 3 is 2.56 bits per heavy atom. The first kappa shape index (κ1) is 24.2. The molecule has 1 aromatic carbocycles. The van der Waals surface area contributed by atoms with Gasteiger partial charge >= 0.3 is 0 Å². The van der Waals surface area contributed by atoms with E-state index in [1.54, 1.807) is 10.8 Å². The molecular weight excluding hydrogens is 464 g/mol. The molecule has 34 heavy (non-hydrogen) atoms. The van der Waals surface area contributed by atoms with E-state index in [9.17, 15) is 9.59 Å². The van der Waals surface area contributed by atoms with Gasteiger partial charge in [0.25, 0.3) is 5.56 Å². The van der Waals surface area contributed by atoms with Gasteiger partial charge in [-0.3, -0.25) is 19.1 Å². The highest BCUT2D eigenvalue weighted by molar-refractivity contribution is 8.00. The number of thiophene rings is 1. The molecule has 0 radical (unpaired) electrons. The molecule has 6 nitrogen and oxygen atoms in total. The van der Waals surface area contributed by atoms with E-state index in [2.05, 4.69) is 4.98 Å². The molecule has 3 aromatic heterocycles. The number of nitrogens with zero attached hydrogens (tertiary/aromatic N) is 4. The lowest BCUT2D eigenvalue weighted by atomic mass is 10.2. The van der Waals surface area contributed by atoms with Gasteiger partial charge in [0.1, 0.15) is 4.83 Å². The van der Waals surface area contributed by atoms with E-state index in [0.29, 0.717) is 30.2 Å². The summed E-state index contributed by atoms with van der Waals surface area (Å²) < 4.78 is 1.66. The summed E-state index contributed by atoms with van der Waals surface area (Å²) in [5, 5.41) is 0.798. The van der Waals surface area contributed by atoms with Crippen molar-refractivity contribution in [3.05, 3.63) is 86.8 Å². The summed E-state index contributed by atoms with van der Waals surface area (Å²) in [4.78, 5) is 39.8. The van der Waals surface area contributed by atoms with Crippen molar-refractivity contribution in [1.29, 1.82) is 0 Å². The van der Waals surface area contributed by atoms with Gasteiger partial charge in [0.15, 0.2) is 5.16 Å². The summed E-state index contributed by atoms with van der Waals surface area (Å²) in [6.07, 6.45) is 1.72. The maximum absolute atomic E-state index is 13.6. The molecule has 0 spiro atoms. The van der Waals surface area contributed by atoms with Crippen LogP contribution >= 0.6 is 23.1 Å². The second kappa shape index (κ2) is 10.5.